The first-order valence-electron chi connectivity index (χ1n) is 10.3. The number of amides is 3. The minimum atomic E-state index is -1.52. The van der Waals surface area contributed by atoms with Crippen LogP contribution in [-0.2, 0) is 24.0 Å². The Kier molecular flexibility index (Phi) is 11.8. The van der Waals surface area contributed by atoms with Gasteiger partial charge in [0, 0.05) is 0 Å². The number of hydrogen-bond donors (Lipinski definition) is 6. The van der Waals surface area contributed by atoms with E-state index in [0.29, 0.717) is 0 Å². The molecule has 0 aliphatic carbocycles. The van der Waals surface area contributed by atoms with Gasteiger partial charge in [-0.2, -0.15) is 0 Å². The summed E-state index contributed by atoms with van der Waals surface area (Å²) in [7, 11) is 0. The van der Waals surface area contributed by atoms with Crippen molar-refractivity contribution in [3.05, 3.63) is 0 Å². The van der Waals surface area contributed by atoms with Crippen LogP contribution < -0.4 is 21.7 Å². The van der Waals surface area contributed by atoms with Crippen molar-refractivity contribution in [2.45, 2.75) is 78.6 Å². The van der Waals surface area contributed by atoms with Crippen molar-refractivity contribution in [2.75, 3.05) is 0 Å². The first-order valence-corrected chi connectivity index (χ1v) is 10.3. The van der Waals surface area contributed by atoms with Gasteiger partial charge in [0.15, 0.2) is 0 Å². The number of nitrogens with two attached hydrogens (primary N) is 1. The molecule has 0 spiro atoms. The highest BCUT2D eigenvalue weighted by Crippen LogP contribution is 2.08. The zero-order chi connectivity index (χ0) is 24.5. The molecule has 0 bridgehead atoms. The fourth-order valence-corrected chi connectivity index (χ4v) is 2.70. The molecule has 0 heterocycles. The third-order valence-electron chi connectivity index (χ3n) is 4.60. The monoisotopic (exact) mass is 444 g/mol. The third kappa shape index (κ3) is 10.3. The molecule has 7 N–H and O–H groups in total. The molecule has 0 fully saturated rings. The van der Waals surface area contributed by atoms with E-state index in [0.717, 1.165) is 0 Å². The van der Waals surface area contributed by atoms with Crippen molar-refractivity contribution in [3.8, 4) is 0 Å². The molecule has 178 valence electrons. The summed E-state index contributed by atoms with van der Waals surface area (Å²) >= 11 is 0. The summed E-state index contributed by atoms with van der Waals surface area (Å²) in [5.41, 5.74) is 5.81. The van der Waals surface area contributed by atoms with Crippen LogP contribution in [0.15, 0.2) is 0 Å². The van der Waals surface area contributed by atoms with Gasteiger partial charge in [-0.3, -0.25) is 19.2 Å². The van der Waals surface area contributed by atoms with Gasteiger partial charge >= 0.3 is 11.9 Å². The first kappa shape index (κ1) is 28.3. The van der Waals surface area contributed by atoms with Crippen molar-refractivity contribution in [3.63, 3.8) is 0 Å². The molecule has 0 saturated carbocycles. The van der Waals surface area contributed by atoms with Gasteiger partial charge in [0.05, 0.1) is 12.5 Å². The molecule has 4 unspecified atom stereocenters. The van der Waals surface area contributed by atoms with Crippen molar-refractivity contribution in [2.24, 2.45) is 23.5 Å². The summed E-state index contributed by atoms with van der Waals surface area (Å²) in [5, 5.41) is 25.6. The van der Waals surface area contributed by atoms with E-state index in [2.05, 4.69) is 16.0 Å². The second-order valence-corrected chi connectivity index (χ2v) is 8.69. The average Bonchev–Trinajstić information content (AvgIpc) is 2.62. The molecule has 0 aliphatic rings. The Morgan fingerprint density at radius 1 is 0.742 bits per heavy atom. The van der Waals surface area contributed by atoms with Crippen LogP contribution >= 0.6 is 0 Å². The normalized spacial score (nSPS) is 15.2. The zero-order valence-corrected chi connectivity index (χ0v) is 19.0. The maximum absolute atomic E-state index is 12.8. The molecule has 0 aromatic carbocycles. The second kappa shape index (κ2) is 12.9. The number of aliphatic carboxylic acids is 2. The Hall–Kier alpha value is -2.69. The lowest BCUT2D eigenvalue weighted by atomic mass is 9.99. The lowest BCUT2D eigenvalue weighted by Crippen LogP contribution is -2.59. The Morgan fingerprint density at radius 2 is 1.26 bits per heavy atom. The SMILES string of the molecule is CC(C)CC(NC(=O)C(CC(=O)O)NC(=O)C(NC(=O)C(N)C(C)C)C(C)C)C(=O)O. The fourth-order valence-electron chi connectivity index (χ4n) is 2.70. The standard InChI is InChI=1S/C20H36N4O7/c1-9(2)7-13(20(30)31)23-17(27)12(8-14(25)26)22-19(29)16(11(5)6)24-18(28)15(21)10(3)4/h9-13,15-16H,7-8,21H2,1-6H3,(H,22,29)(H,23,27)(H,24,28)(H,25,26)(H,30,31). The highest BCUT2D eigenvalue weighted by Gasteiger charge is 2.33. The summed E-state index contributed by atoms with van der Waals surface area (Å²) in [6.45, 7) is 10.4. The van der Waals surface area contributed by atoms with Gasteiger partial charge in [0.2, 0.25) is 17.7 Å². The number of nitrogens with one attached hydrogen (secondary N) is 3. The van der Waals surface area contributed by atoms with Crippen LogP contribution in [0.3, 0.4) is 0 Å². The number of rotatable bonds is 13. The second-order valence-electron chi connectivity index (χ2n) is 8.69. The van der Waals surface area contributed by atoms with E-state index in [1.165, 1.54) is 0 Å². The third-order valence-corrected chi connectivity index (χ3v) is 4.60. The van der Waals surface area contributed by atoms with E-state index in [1.807, 2.05) is 0 Å². The smallest absolute Gasteiger partial charge is 0.326 e. The van der Waals surface area contributed by atoms with Gasteiger partial charge in [-0.25, -0.2) is 4.79 Å². The van der Waals surface area contributed by atoms with Crippen LogP contribution in [0.2, 0.25) is 0 Å². The van der Waals surface area contributed by atoms with Gasteiger partial charge < -0.3 is 31.9 Å². The number of carbonyl (C=O) groups is 5. The molecule has 0 rings (SSSR count). The minimum absolute atomic E-state index is 0.0420. The maximum atomic E-state index is 12.8. The lowest BCUT2D eigenvalue weighted by Gasteiger charge is -2.27. The van der Waals surface area contributed by atoms with Gasteiger partial charge in [-0.05, 0) is 24.2 Å². The van der Waals surface area contributed by atoms with E-state index >= 15 is 0 Å². The molecular formula is C20H36N4O7. The predicted molar refractivity (Wildman–Crippen MR) is 113 cm³/mol. The molecule has 0 aromatic rings. The summed E-state index contributed by atoms with van der Waals surface area (Å²) < 4.78 is 0. The van der Waals surface area contributed by atoms with Crippen molar-refractivity contribution >= 4 is 29.7 Å². The molecule has 0 radical (unpaired) electrons. The number of carboxylic acids is 2. The molecule has 31 heavy (non-hydrogen) atoms. The van der Waals surface area contributed by atoms with Gasteiger partial charge in [-0.1, -0.05) is 41.5 Å². The van der Waals surface area contributed by atoms with E-state index in [4.69, 9.17) is 10.8 Å². The average molecular weight is 445 g/mol. The van der Waals surface area contributed by atoms with Crippen LogP contribution in [0.5, 0.6) is 0 Å². The Morgan fingerprint density at radius 3 is 1.65 bits per heavy atom. The largest absolute Gasteiger partial charge is 0.481 e. The molecule has 11 nitrogen and oxygen atoms in total. The summed E-state index contributed by atoms with van der Waals surface area (Å²) in [6, 6.07) is -4.66. The van der Waals surface area contributed by atoms with E-state index in [1.54, 1.807) is 41.5 Å². The van der Waals surface area contributed by atoms with Gasteiger partial charge in [0.25, 0.3) is 0 Å². The topological polar surface area (TPSA) is 188 Å². The van der Waals surface area contributed by atoms with Crippen LogP contribution in [-0.4, -0.2) is 64.0 Å². The fraction of sp³-hybridized carbons (Fsp3) is 0.750. The molecule has 0 aliphatic heterocycles. The number of hydrogen-bond acceptors (Lipinski definition) is 6. The number of carbonyl (C=O) groups excluding carboxylic acids is 3. The number of carboxylic acid groups (broad SMARTS) is 2. The molecule has 3 amide bonds. The summed E-state index contributed by atoms with van der Waals surface area (Å²) in [4.78, 5) is 60.2. The van der Waals surface area contributed by atoms with E-state index < -0.39 is 60.2 Å². The molecular weight excluding hydrogens is 408 g/mol. The first-order chi connectivity index (χ1) is 14.2. The van der Waals surface area contributed by atoms with Gasteiger partial charge in [0.1, 0.15) is 18.1 Å². The van der Waals surface area contributed by atoms with Crippen molar-refractivity contribution in [1.29, 1.82) is 0 Å². The molecule has 4 atom stereocenters. The lowest BCUT2D eigenvalue weighted by molar-refractivity contribution is -0.144. The zero-order valence-electron chi connectivity index (χ0n) is 19.0. The Labute approximate surface area is 182 Å². The van der Waals surface area contributed by atoms with Crippen LogP contribution in [0.4, 0.5) is 0 Å². The molecule has 0 saturated heterocycles. The molecule has 0 aromatic heterocycles. The van der Waals surface area contributed by atoms with Crippen LogP contribution in [0.1, 0.15) is 54.4 Å². The van der Waals surface area contributed by atoms with Crippen molar-refractivity contribution < 1.29 is 34.2 Å². The van der Waals surface area contributed by atoms with Crippen LogP contribution in [0, 0.1) is 17.8 Å². The molecule has 11 heteroatoms. The minimum Gasteiger partial charge on any atom is -0.481 e. The Balaban J connectivity index is 5.47. The van der Waals surface area contributed by atoms with Crippen molar-refractivity contribution in [1.82, 2.24) is 16.0 Å². The highest BCUT2D eigenvalue weighted by molar-refractivity contribution is 5.95. The van der Waals surface area contributed by atoms with E-state index in [-0.39, 0.29) is 24.2 Å². The Bertz CT molecular complexity index is 664. The highest BCUT2D eigenvalue weighted by atomic mass is 16.4. The van der Waals surface area contributed by atoms with Gasteiger partial charge in [-0.15, -0.1) is 0 Å². The quantitative estimate of drug-likeness (QED) is 0.223. The summed E-state index contributed by atoms with van der Waals surface area (Å²) in [5.74, 6) is -5.47. The summed E-state index contributed by atoms with van der Waals surface area (Å²) in [6.07, 6.45) is -0.623. The maximum Gasteiger partial charge on any atom is 0.326 e. The predicted octanol–water partition coefficient (Wildman–Crippen LogP) is -0.314. The van der Waals surface area contributed by atoms with E-state index in [9.17, 15) is 29.1 Å². The van der Waals surface area contributed by atoms with Crippen LogP contribution in [0.25, 0.3) is 0 Å².